The van der Waals surface area contributed by atoms with Crippen LogP contribution >= 0.6 is 0 Å². The predicted molar refractivity (Wildman–Crippen MR) is 187 cm³/mol. The fourth-order valence-corrected chi connectivity index (χ4v) is 7.06. The van der Waals surface area contributed by atoms with E-state index in [0.29, 0.717) is 36.9 Å². The molecule has 262 valence electrons. The van der Waals surface area contributed by atoms with E-state index in [0.717, 1.165) is 62.5 Å². The van der Waals surface area contributed by atoms with Gasteiger partial charge in [0.15, 0.2) is 0 Å². The summed E-state index contributed by atoms with van der Waals surface area (Å²) in [6.45, 7) is 5.72. The molecular formula is C39H55N3O6. The van der Waals surface area contributed by atoms with Crippen molar-refractivity contribution >= 4 is 18.1 Å². The van der Waals surface area contributed by atoms with Gasteiger partial charge < -0.3 is 24.8 Å². The summed E-state index contributed by atoms with van der Waals surface area (Å²) in [5.41, 5.74) is 4.11. The number of benzene rings is 2. The molecule has 0 heterocycles. The molecule has 0 saturated heterocycles. The molecule has 48 heavy (non-hydrogen) atoms. The first-order chi connectivity index (χ1) is 23.3. The van der Waals surface area contributed by atoms with Gasteiger partial charge in [-0.25, -0.2) is 19.4 Å². The van der Waals surface area contributed by atoms with Crippen LogP contribution in [0.5, 0.6) is 0 Å². The second kappa shape index (κ2) is 20.1. The third kappa shape index (κ3) is 12.5. The molecule has 2 atom stereocenters. The summed E-state index contributed by atoms with van der Waals surface area (Å²) >= 11 is 0. The normalized spacial score (nSPS) is 20.1. The maximum atomic E-state index is 13.2. The number of isocyanates is 1. The molecule has 0 aliphatic heterocycles. The third-order valence-corrected chi connectivity index (χ3v) is 9.86. The Balaban J connectivity index is 0.000000500. The van der Waals surface area contributed by atoms with Crippen LogP contribution in [0.25, 0.3) is 0 Å². The van der Waals surface area contributed by atoms with Crippen molar-refractivity contribution in [2.45, 2.75) is 141 Å². The zero-order chi connectivity index (χ0) is 34.1. The van der Waals surface area contributed by atoms with Gasteiger partial charge in [0.2, 0.25) is 6.08 Å². The van der Waals surface area contributed by atoms with Crippen molar-refractivity contribution in [3.63, 3.8) is 0 Å². The molecule has 3 aliphatic carbocycles. The number of amides is 2. The lowest BCUT2D eigenvalue weighted by molar-refractivity contribution is -0.0526. The van der Waals surface area contributed by atoms with Crippen LogP contribution in [0.15, 0.2) is 47.5 Å². The van der Waals surface area contributed by atoms with Gasteiger partial charge in [0.25, 0.3) is 0 Å². The lowest BCUT2D eigenvalue weighted by Crippen LogP contribution is -2.46. The summed E-state index contributed by atoms with van der Waals surface area (Å²) in [5, 5.41) is 12.9. The molecule has 9 nitrogen and oxygen atoms in total. The highest BCUT2D eigenvalue weighted by atomic mass is 16.5. The minimum absolute atomic E-state index is 0.0108. The van der Waals surface area contributed by atoms with Crippen molar-refractivity contribution in [2.24, 2.45) is 4.99 Å². The molecule has 3 fully saturated rings. The second-order valence-electron chi connectivity index (χ2n) is 13.7. The number of carbonyl (C=O) groups excluding carboxylic acids is 2. The first-order valence-electron chi connectivity index (χ1n) is 18.0. The van der Waals surface area contributed by atoms with Gasteiger partial charge in [0, 0.05) is 19.1 Å². The molecule has 0 radical (unpaired) electrons. The molecule has 0 aromatic heterocycles. The van der Waals surface area contributed by atoms with Gasteiger partial charge >= 0.3 is 12.0 Å². The topological polar surface area (TPSA) is 118 Å². The second-order valence-corrected chi connectivity index (χ2v) is 13.7. The van der Waals surface area contributed by atoms with Crippen molar-refractivity contribution in [1.29, 1.82) is 0 Å². The molecule has 0 unspecified atom stereocenters. The Bertz CT molecular complexity index is 1330. The Labute approximate surface area is 286 Å². The highest BCUT2D eigenvalue weighted by Crippen LogP contribution is 2.26. The lowest BCUT2D eigenvalue weighted by atomic mass is 9.94. The van der Waals surface area contributed by atoms with Crippen LogP contribution in [-0.2, 0) is 27.4 Å². The van der Waals surface area contributed by atoms with Crippen LogP contribution in [0, 0.1) is 13.8 Å². The van der Waals surface area contributed by atoms with Gasteiger partial charge in [-0.2, -0.15) is 0 Å². The number of hydrogen-bond donors (Lipinski definition) is 2. The average Bonchev–Trinajstić information content (AvgIpc) is 3.09. The van der Waals surface area contributed by atoms with Gasteiger partial charge in [-0.3, -0.25) is 0 Å². The maximum Gasteiger partial charge on any atom is 0.336 e. The van der Waals surface area contributed by atoms with Crippen LogP contribution in [0.2, 0.25) is 0 Å². The van der Waals surface area contributed by atoms with E-state index >= 15 is 0 Å². The van der Waals surface area contributed by atoms with E-state index in [1.807, 2.05) is 30.0 Å². The summed E-state index contributed by atoms with van der Waals surface area (Å²) < 4.78 is 12.4. The monoisotopic (exact) mass is 661 g/mol. The molecule has 5 rings (SSSR count). The van der Waals surface area contributed by atoms with Crippen molar-refractivity contribution < 1.29 is 29.0 Å². The molecule has 0 bridgehead atoms. The van der Waals surface area contributed by atoms with Gasteiger partial charge in [-0.1, -0.05) is 86.6 Å². The van der Waals surface area contributed by atoms with Crippen LogP contribution in [0.4, 0.5) is 4.79 Å². The number of rotatable bonds is 12. The molecule has 2 aromatic carbocycles. The molecule has 3 saturated carbocycles. The van der Waals surface area contributed by atoms with Gasteiger partial charge in [-0.05, 0) is 81.9 Å². The van der Waals surface area contributed by atoms with E-state index in [-0.39, 0.29) is 30.9 Å². The maximum absolute atomic E-state index is 13.2. The highest BCUT2D eigenvalue weighted by Gasteiger charge is 2.25. The molecule has 0 spiro atoms. The number of urea groups is 1. The Hall–Kier alpha value is -3.52. The average molecular weight is 662 g/mol. The minimum atomic E-state index is -0.917. The number of ether oxygens (including phenoxy) is 2. The van der Waals surface area contributed by atoms with Crippen molar-refractivity contribution in [3.8, 4) is 0 Å². The predicted octanol–water partition coefficient (Wildman–Crippen LogP) is 8.05. The summed E-state index contributed by atoms with van der Waals surface area (Å²) in [5.74, 6) is -0.917. The summed E-state index contributed by atoms with van der Waals surface area (Å²) in [6, 6.07) is 14.4. The number of nitrogens with zero attached hydrogens (tertiary/aromatic N) is 2. The van der Waals surface area contributed by atoms with E-state index in [1.54, 1.807) is 6.08 Å². The van der Waals surface area contributed by atoms with Crippen LogP contribution in [-0.4, -0.2) is 65.5 Å². The largest absolute Gasteiger partial charge is 0.478 e. The molecule has 9 heteroatoms. The number of aryl methyl sites for hydroxylation is 2. The van der Waals surface area contributed by atoms with Crippen LogP contribution < -0.4 is 5.32 Å². The third-order valence-electron chi connectivity index (χ3n) is 9.86. The van der Waals surface area contributed by atoms with E-state index in [9.17, 15) is 19.5 Å². The SMILES string of the molecule is Cc1ccc(CN(CCO[C@H]2CCC[C@@H](OCc3cccc(C)c3C(=O)O)C2)C(=O)NC2CCCCC2)cc1.O=C=NC1CCCCC1. The van der Waals surface area contributed by atoms with Gasteiger partial charge in [0.05, 0.1) is 37.0 Å². The van der Waals surface area contributed by atoms with Crippen LogP contribution in [0.1, 0.15) is 123 Å². The number of aliphatic imine (C=N–C) groups is 1. The van der Waals surface area contributed by atoms with E-state index in [4.69, 9.17) is 9.47 Å². The zero-order valence-electron chi connectivity index (χ0n) is 29.0. The number of hydrogen-bond acceptors (Lipinski definition) is 6. The fourth-order valence-electron chi connectivity index (χ4n) is 7.06. The molecule has 3 aliphatic rings. The summed E-state index contributed by atoms with van der Waals surface area (Å²) in [7, 11) is 0. The zero-order valence-corrected chi connectivity index (χ0v) is 29.0. The van der Waals surface area contributed by atoms with Crippen LogP contribution in [0.3, 0.4) is 0 Å². The Morgan fingerprint density at radius 3 is 2.21 bits per heavy atom. The van der Waals surface area contributed by atoms with Crippen molar-refractivity contribution in [2.75, 3.05) is 13.2 Å². The molecule has 2 aromatic rings. The Morgan fingerprint density at radius 1 is 0.875 bits per heavy atom. The Morgan fingerprint density at radius 2 is 1.54 bits per heavy atom. The number of carboxylic acids is 1. The summed E-state index contributed by atoms with van der Waals surface area (Å²) in [4.78, 5) is 40.3. The number of carboxylic acid groups (broad SMARTS) is 1. The van der Waals surface area contributed by atoms with E-state index in [2.05, 4.69) is 41.5 Å². The quantitative estimate of drug-likeness (QED) is 0.176. The van der Waals surface area contributed by atoms with E-state index in [1.165, 1.54) is 44.1 Å². The standard InChI is InChI=1S/C32H44N2O5.C7H11NO/c1-23-14-16-25(17-15-23)21-34(32(37)33-27-10-4-3-5-11-27)18-19-38-28-12-7-13-29(20-28)39-22-26-9-6-8-24(2)30(26)31(35)36;9-6-8-7-4-2-1-3-5-7/h6,8-9,14-17,27-29H,3-5,7,10-13,18-22H2,1-2H3,(H,33,37)(H,35,36);7H,1-5H2/t28-,29+;/m0./s1. The van der Waals surface area contributed by atoms with E-state index < -0.39 is 5.97 Å². The fraction of sp³-hybridized carbons (Fsp3) is 0.615. The summed E-state index contributed by atoms with van der Waals surface area (Å²) in [6.07, 6.45) is 17.1. The lowest BCUT2D eigenvalue weighted by Gasteiger charge is -2.31. The van der Waals surface area contributed by atoms with Gasteiger partial charge in [0.1, 0.15) is 0 Å². The first-order valence-corrected chi connectivity index (χ1v) is 18.0. The minimum Gasteiger partial charge on any atom is -0.478 e. The smallest absolute Gasteiger partial charge is 0.336 e. The van der Waals surface area contributed by atoms with Crippen molar-refractivity contribution in [3.05, 3.63) is 70.3 Å². The molecule has 2 amide bonds. The van der Waals surface area contributed by atoms with Crippen molar-refractivity contribution in [1.82, 2.24) is 10.2 Å². The Kier molecular flexibility index (Phi) is 15.6. The first kappa shape index (κ1) is 37.3. The highest BCUT2D eigenvalue weighted by molar-refractivity contribution is 5.91. The number of carbonyl (C=O) groups is 2. The molecular weight excluding hydrogens is 606 g/mol. The number of nitrogens with one attached hydrogen (secondary N) is 1. The van der Waals surface area contributed by atoms with Gasteiger partial charge in [-0.15, -0.1) is 0 Å². The molecule has 2 N–H and O–H groups in total. The number of aromatic carboxylic acids is 1.